The van der Waals surface area contributed by atoms with Crippen LogP contribution in [0.15, 0.2) is 42.5 Å². The molecule has 2 aromatic carbocycles. The first kappa shape index (κ1) is 19.7. The molecule has 0 spiro atoms. The van der Waals surface area contributed by atoms with Crippen molar-refractivity contribution in [3.05, 3.63) is 64.7 Å². The van der Waals surface area contributed by atoms with Crippen LogP contribution < -0.4 is 10.2 Å². The van der Waals surface area contributed by atoms with Crippen LogP contribution in [0.1, 0.15) is 27.0 Å². The molecular weight excluding hydrogens is 326 g/mol. The Hall–Kier alpha value is -2.66. The quantitative estimate of drug-likeness (QED) is 0.829. The van der Waals surface area contributed by atoms with Gasteiger partial charge in [0.15, 0.2) is 6.54 Å². The first-order chi connectivity index (χ1) is 12.3. The Morgan fingerprint density at radius 3 is 2.27 bits per heavy atom. The van der Waals surface area contributed by atoms with Crippen LogP contribution in [0.3, 0.4) is 0 Å². The van der Waals surface area contributed by atoms with Crippen molar-refractivity contribution in [3.63, 3.8) is 0 Å². The van der Waals surface area contributed by atoms with Gasteiger partial charge in [0.1, 0.15) is 6.54 Å². The van der Waals surface area contributed by atoms with E-state index < -0.39 is 0 Å². The molecule has 26 heavy (non-hydrogen) atoms. The number of nitrogens with zero attached hydrogens (tertiary/aromatic N) is 1. The highest BCUT2D eigenvalue weighted by Crippen LogP contribution is 2.11. The summed E-state index contributed by atoms with van der Waals surface area (Å²) < 4.78 is 0. The Morgan fingerprint density at radius 2 is 1.69 bits per heavy atom. The van der Waals surface area contributed by atoms with E-state index in [0.717, 1.165) is 11.4 Å². The highest BCUT2D eigenvalue weighted by atomic mass is 16.2. The highest BCUT2D eigenvalue weighted by Gasteiger charge is 2.13. The average Bonchev–Trinajstić information content (AvgIpc) is 2.57. The minimum atomic E-state index is -0.0551. The summed E-state index contributed by atoms with van der Waals surface area (Å²) in [7, 11) is 5.44. The minimum Gasteiger partial charge on any atom is -0.345 e. The summed E-state index contributed by atoms with van der Waals surface area (Å²) >= 11 is 0. The monoisotopic (exact) mass is 354 g/mol. The number of benzene rings is 2. The average molecular weight is 354 g/mol. The molecule has 2 N–H and O–H groups in total. The number of anilines is 1. The highest BCUT2D eigenvalue weighted by molar-refractivity contribution is 5.95. The van der Waals surface area contributed by atoms with Gasteiger partial charge in [0.25, 0.3) is 11.8 Å². The van der Waals surface area contributed by atoms with Gasteiger partial charge in [-0.15, -0.1) is 0 Å². The topological polar surface area (TPSA) is 53.9 Å². The van der Waals surface area contributed by atoms with Gasteiger partial charge in [0, 0.05) is 30.9 Å². The number of likely N-dealkylation sites (N-methyl/N-ethyl adjacent to an activating group) is 1. The summed E-state index contributed by atoms with van der Waals surface area (Å²) in [4.78, 5) is 26.8. The van der Waals surface area contributed by atoms with E-state index in [9.17, 15) is 9.59 Å². The molecule has 0 saturated heterocycles. The molecule has 1 atom stereocenters. The molecule has 5 nitrogen and oxygen atoms in total. The Morgan fingerprint density at radius 1 is 1.04 bits per heavy atom. The number of hydrogen-bond donors (Lipinski definition) is 2. The predicted octanol–water partition coefficient (Wildman–Crippen LogP) is 1.66. The summed E-state index contributed by atoms with van der Waals surface area (Å²) in [6.45, 7) is 5.37. The molecule has 0 aliphatic carbocycles. The van der Waals surface area contributed by atoms with Crippen molar-refractivity contribution in [1.29, 1.82) is 0 Å². The van der Waals surface area contributed by atoms with E-state index in [4.69, 9.17) is 0 Å². The summed E-state index contributed by atoms with van der Waals surface area (Å²) in [5, 5.41) is 2.89. The van der Waals surface area contributed by atoms with Crippen LogP contribution in [0.2, 0.25) is 0 Å². The molecule has 0 aliphatic heterocycles. The van der Waals surface area contributed by atoms with Crippen molar-refractivity contribution in [2.24, 2.45) is 0 Å². The normalized spacial score (nSPS) is 11.7. The maximum Gasteiger partial charge on any atom is 0.279 e. The van der Waals surface area contributed by atoms with E-state index in [1.165, 1.54) is 21.6 Å². The van der Waals surface area contributed by atoms with Crippen LogP contribution in [0, 0.1) is 13.8 Å². The third kappa shape index (κ3) is 5.43. The number of hydrogen-bond acceptors (Lipinski definition) is 2. The van der Waals surface area contributed by atoms with Crippen LogP contribution in [-0.4, -0.2) is 44.4 Å². The number of carbonyl (C=O) groups excluding carboxylic acids is 2. The van der Waals surface area contributed by atoms with Crippen LogP contribution >= 0.6 is 0 Å². The van der Waals surface area contributed by atoms with Crippen LogP contribution in [0.4, 0.5) is 5.69 Å². The zero-order chi connectivity index (χ0) is 19.3. The molecule has 0 heterocycles. The molecule has 0 saturated carbocycles. The molecule has 0 fully saturated rings. The van der Waals surface area contributed by atoms with Gasteiger partial charge in [-0.2, -0.15) is 0 Å². The van der Waals surface area contributed by atoms with Gasteiger partial charge in [0.2, 0.25) is 0 Å². The number of aryl methyl sites for hydroxylation is 2. The van der Waals surface area contributed by atoms with Crippen LogP contribution in [0.5, 0.6) is 0 Å². The summed E-state index contributed by atoms with van der Waals surface area (Å²) in [6, 6.07) is 13.4. The second-order valence-corrected chi connectivity index (χ2v) is 7.07. The van der Waals surface area contributed by atoms with Crippen molar-refractivity contribution < 1.29 is 14.5 Å². The van der Waals surface area contributed by atoms with Crippen molar-refractivity contribution in [2.75, 3.05) is 33.0 Å². The number of nitrogens with one attached hydrogen (secondary N) is 2. The van der Waals surface area contributed by atoms with Gasteiger partial charge in [-0.25, -0.2) is 0 Å². The Bertz CT molecular complexity index is 782. The van der Waals surface area contributed by atoms with Gasteiger partial charge >= 0.3 is 0 Å². The fraction of sp³-hybridized carbons (Fsp3) is 0.333. The molecule has 2 rings (SSSR count). The van der Waals surface area contributed by atoms with Crippen LogP contribution in [0.25, 0.3) is 0 Å². The largest absolute Gasteiger partial charge is 0.345 e. The lowest BCUT2D eigenvalue weighted by Gasteiger charge is -2.16. The summed E-state index contributed by atoms with van der Waals surface area (Å²) in [5.74, 6) is -0.0977. The third-order valence-corrected chi connectivity index (χ3v) is 4.27. The second-order valence-electron chi connectivity index (χ2n) is 7.07. The first-order valence-electron chi connectivity index (χ1n) is 8.75. The van der Waals surface area contributed by atoms with E-state index >= 15 is 0 Å². The van der Waals surface area contributed by atoms with Crippen molar-refractivity contribution in [3.8, 4) is 0 Å². The number of rotatable bonds is 6. The van der Waals surface area contributed by atoms with Crippen LogP contribution in [-0.2, 0) is 11.3 Å². The lowest BCUT2D eigenvalue weighted by Crippen LogP contribution is -3.08. The van der Waals surface area contributed by atoms with Gasteiger partial charge in [-0.05, 0) is 43.7 Å². The molecule has 5 heteroatoms. The molecular formula is C21H28N3O2+. The third-order valence-electron chi connectivity index (χ3n) is 4.27. The summed E-state index contributed by atoms with van der Waals surface area (Å²) in [5.41, 5.74) is 5.06. The standard InChI is InChI=1S/C21H27N3O2/c1-15-6-7-18(16(2)12-15)13-24(5)14-20(25)22-19-10-8-17(9-11-19)21(26)23(3)4/h6-12H,13-14H2,1-5H3,(H,22,25)/p+1. The maximum absolute atomic E-state index is 12.3. The van der Waals surface area contributed by atoms with Crippen molar-refractivity contribution in [1.82, 2.24) is 4.90 Å². The maximum atomic E-state index is 12.3. The lowest BCUT2D eigenvalue weighted by atomic mass is 10.1. The van der Waals surface area contributed by atoms with E-state index in [1.807, 2.05) is 7.05 Å². The number of quaternary nitrogens is 1. The molecule has 0 aliphatic rings. The first-order valence-corrected chi connectivity index (χ1v) is 8.75. The zero-order valence-electron chi connectivity index (χ0n) is 16.2. The lowest BCUT2D eigenvalue weighted by molar-refractivity contribution is -0.885. The van der Waals surface area contributed by atoms with E-state index in [-0.39, 0.29) is 11.8 Å². The summed E-state index contributed by atoms with van der Waals surface area (Å²) in [6.07, 6.45) is 0. The molecule has 1 unspecified atom stereocenters. The Labute approximate surface area is 155 Å². The zero-order valence-corrected chi connectivity index (χ0v) is 16.2. The number of amides is 2. The fourth-order valence-electron chi connectivity index (χ4n) is 2.87. The molecule has 138 valence electrons. The fourth-order valence-corrected chi connectivity index (χ4v) is 2.87. The number of carbonyl (C=O) groups is 2. The molecule has 0 radical (unpaired) electrons. The Balaban J connectivity index is 1.90. The van der Waals surface area contributed by atoms with Gasteiger partial charge in [0.05, 0.1) is 7.05 Å². The van der Waals surface area contributed by atoms with Gasteiger partial charge < -0.3 is 15.1 Å². The minimum absolute atomic E-state index is 0.0426. The van der Waals surface area contributed by atoms with E-state index in [2.05, 4.69) is 37.4 Å². The van der Waals surface area contributed by atoms with Crippen molar-refractivity contribution >= 4 is 17.5 Å². The SMILES string of the molecule is Cc1ccc(C[NH+](C)CC(=O)Nc2ccc(C(=O)N(C)C)cc2)c(C)c1. The second kappa shape index (κ2) is 8.63. The Kier molecular flexibility index (Phi) is 6.52. The van der Waals surface area contributed by atoms with E-state index in [0.29, 0.717) is 17.8 Å². The smallest absolute Gasteiger partial charge is 0.279 e. The van der Waals surface area contributed by atoms with E-state index in [1.54, 1.807) is 38.4 Å². The van der Waals surface area contributed by atoms with Gasteiger partial charge in [-0.1, -0.05) is 23.8 Å². The molecule has 2 aromatic rings. The van der Waals surface area contributed by atoms with Gasteiger partial charge in [-0.3, -0.25) is 9.59 Å². The van der Waals surface area contributed by atoms with Crippen molar-refractivity contribution in [2.45, 2.75) is 20.4 Å². The molecule has 2 amide bonds. The predicted molar refractivity (Wildman–Crippen MR) is 104 cm³/mol. The molecule has 0 bridgehead atoms. The molecule has 0 aromatic heterocycles.